The number of allylic oxidation sites excluding steroid dienone is 3. The Balaban J connectivity index is 2.00. The summed E-state index contributed by atoms with van der Waals surface area (Å²) in [4.78, 5) is 0. The molecule has 1 fully saturated rings. The highest BCUT2D eigenvalue weighted by molar-refractivity contribution is 5.48. The smallest absolute Gasteiger partial charge is 0.00208 e. The summed E-state index contributed by atoms with van der Waals surface area (Å²) < 4.78 is 0. The summed E-state index contributed by atoms with van der Waals surface area (Å²) in [6.07, 6.45) is 7.20. The van der Waals surface area contributed by atoms with Crippen LogP contribution in [-0.2, 0) is 18.3 Å². The first kappa shape index (κ1) is 25.5. The van der Waals surface area contributed by atoms with Gasteiger partial charge >= 0.3 is 0 Å². The van der Waals surface area contributed by atoms with Crippen LogP contribution in [0.15, 0.2) is 53.6 Å². The van der Waals surface area contributed by atoms with E-state index in [0.717, 1.165) is 12.8 Å². The van der Waals surface area contributed by atoms with Gasteiger partial charge in [0, 0.05) is 0 Å². The van der Waals surface area contributed by atoms with Gasteiger partial charge in [-0.1, -0.05) is 76.6 Å². The largest absolute Gasteiger partial charge is 0.0952 e. The lowest BCUT2D eigenvalue weighted by molar-refractivity contribution is 0.176. The molecule has 1 saturated carbocycles. The van der Waals surface area contributed by atoms with E-state index in [4.69, 9.17) is 6.58 Å². The van der Waals surface area contributed by atoms with E-state index in [0.29, 0.717) is 5.41 Å². The Morgan fingerprint density at radius 2 is 1.52 bits per heavy atom. The van der Waals surface area contributed by atoms with Crippen molar-refractivity contribution >= 4 is 0 Å². The fourth-order valence-electron chi connectivity index (χ4n) is 5.53. The van der Waals surface area contributed by atoms with Crippen molar-refractivity contribution in [2.45, 2.75) is 106 Å². The van der Waals surface area contributed by atoms with Crippen LogP contribution in [0, 0.1) is 33.1 Å². The minimum absolute atomic E-state index is 0.181. The SMILES string of the molecule is C=C(Cc1ccc(C(C)(C)C)cc1C)/C(Cc1ccc(C)c(C)c1C)=C(\C)C1(CC)CCC1. The molecule has 3 rings (SSSR count). The van der Waals surface area contributed by atoms with Crippen molar-refractivity contribution in [3.63, 3.8) is 0 Å². The Hall–Kier alpha value is -2.08. The maximum Gasteiger partial charge on any atom is -0.00208 e. The van der Waals surface area contributed by atoms with Crippen molar-refractivity contribution in [2.24, 2.45) is 5.41 Å². The van der Waals surface area contributed by atoms with Crippen LogP contribution in [0.1, 0.15) is 99.2 Å². The second kappa shape index (κ2) is 9.65. The van der Waals surface area contributed by atoms with E-state index in [1.165, 1.54) is 75.8 Å². The third kappa shape index (κ3) is 5.21. The third-order valence-electron chi connectivity index (χ3n) is 8.81. The number of aryl methyl sites for hydroxylation is 2. The second-order valence-electron chi connectivity index (χ2n) is 11.7. The van der Waals surface area contributed by atoms with E-state index in [1.807, 2.05) is 0 Å². The van der Waals surface area contributed by atoms with E-state index in [9.17, 15) is 0 Å². The predicted octanol–water partition coefficient (Wildman–Crippen LogP) is 9.46. The molecule has 0 nitrogen and oxygen atoms in total. The molecule has 0 heteroatoms. The Kier molecular flexibility index (Phi) is 7.47. The number of rotatable bonds is 7. The first-order chi connectivity index (χ1) is 15.4. The molecule has 0 amide bonds. The van der Waals surface area contributed by atoms with E-state index in [1.54, 1.807) is 5.57 Å². The van der Waals surface area contributed by atoms with Crippen molar-refractivity contribution in [1.82, 2.24) is 0 Å². The molecule has 0 saturated heterocycles. The molecule has 0 aromatic heterocycles. The summed E-state index contributed by atoms with van der Waals surface area (Å²) in [5.41, 5.74) is 14.9. The van der Waals surface area contributed by atoms with Gasteiger partial charge in [0.05, 0.1) is 0 Å². The minimum Gasteiger partial charge on any atom is -0.0952 e. The molecular weight excluding hydrogens is 396 g/mol. The third-order valence-corrected chi connectivity index (χ3v) is 8.81. The molecule has 0 N–H and O–H groups in total. The van der Waals surface area contributed by atoms with E-state index < -0.39 is 0 Å². The highest BCUT2D eigenvalue weighted by Gasteiger charge is 2.38. The van der Waals surface area contributed by atoms with Crippen LogP contribution in [-0.4, -0.2) is 0 Å². The first-order valence-corrected chi connectivity index (χ1v) is 12.9. The zero-order chi connectivity index (χ0) is 24.6. The molecule has 1 aliphatic carbocycles. The molecule has 0 atom stereocenters. The monoisotopic (exact) mass is 442 g/mol. The fourth-order valence-corrected chi connectivity index (χ4v) is 5.53. The van der Waals surface area contributed by atoms with Gasteiger partial charge in [-0.15, -0.1) is 0 Å². The van der Waals surface area contributed by atoms with Gasteiger partial charge in [0.25, 0.3) is 0 Å². The number of hydrogen-bond donors (Lipinski definition) is 0. The van der Waals surface area contributed by atoms with Crippen LogP contribution >= 0.6 is 0 Å². The zero-order valence-electron chi connectivity index (χ0n) is 22.8. The van der Waals surface area contributed by atoms with Crippen LogP contribution in [0.25, 0.3) is 0 Å². The lowest BCUT2D eigenvalue weighted by Crippen LogP contribution is -2.31. The summed E-state index contributed by atoms with van der Waals surface area (Å²) in [6.45, 7) is 25.4. The van der Waals surface area contributed by atoms with Crippen molar-refractivity contribution in [1.29, 1.82) is 0 Å². The molecule has 178 valence electrons. The lowest BCUT2D eigenvalue weighted by Gasteiger charge is -2.44. The number of hydrogen-bond acceptors (Lipinski definition) is 0. The van der Waals surface area contributed by atoms with Gasteiger partial charge in [-0.25, -0.2) is 0 Å². The zero-order valence-corrected chi connectivity index (χ0v) is 22.8. The van der Waals surface area contributed by atoms with Crippen molar-refractivity contribution < 1.29 is 0 Å². The topological polar surface area (TPSA) is 0 Å². The summed E-state index contributed by atoms with van der Waals surface area (Å²) in [5, 5.41) is 0. The summed E-state index contributed by atoms with van der Waals surface area (Å²) in [6, 6.07) is 11.7. The van der Waals surface area contributed by atoms with Gasteiger partial charge in [-0.2, -0.15) is 0 Å². The maximum absolute atomic E-state index is 4.70. The van der Waals surface area contributed by atoms with Crippen molar-refractivity contribution in [2.75, 3.05) is 0 Å². The predicted molar refractivity (Wildman–Crippen MR) is 146 cm³/mol. The summed E-state index contributed by atoms with van der Waals surface area (Å²) in [5.74, 6) is 0. The molecular formula is C33H46. The maximum atomic E-state index is 4.70. The van der Waals surface area contributed by atoms with Crippen LogP contribution in [0.3, 0.4) is 0 Å². The van der Waals surface area contributed by atoms with E-state index >= 15 is 0 Å². The first-order valence-electron chi connectivity index (χ1n) is 12.9. The van der Waals surface area contributed by atoms with Gasteiger partial charge < -0.3 is 0 Å². The molecule has 2 aromatic rings. The molecule has 33 heavy (non-hydrogen) atoms. The Morgan fingerprint density at radius 3 is 2.03 bits per heavy atom. The molecule has 0 radical (unpaired) electrons. The minimum atomic E-state index is 0.181. The molecule has 1 aliphatic rings. The van der Waals surface area contributed by atoms with E-state index in [-0.39, 0.29) is 5.41 Å². The summed E-state index contributed by atoms with van der Waals surface area (Å²) in [7, 11) is 0. The molecule has 0 heterocycles. The van der Waals surface area contributed by atoms with Gasteiger partial charge in [0.15, 0.2) is 0 Å². The van der Waals surface area contributed by atoms with Crippen molar-refractivity contribution in [3.05, 3.63) is 92.6 Å². The Labute approximate surface area is 204 Å². The molecule has 0 bridgehead atoms. The standard InChI is InChI=1S/C33H46/c1-11-33(17-12-18-33)27(7)31(21-29-14-13-22(2)25(5)26(29)6)24(4)19-28-15-16-30(20-23(28)3)32(8,9)10/h13-16,20H,4,11-12,17-19,21H2,1-3,5-10H3/b31-27+. The Bertz CT molecular complexity index is 1060. The summed E-state index contributed by atoms with van der Waals surface area (Å²) >= 11 is 0. The highest BCUT2D eigenvalue weighted by atomic mass is 14.4. The average molecular weight is 443 g/mol. The fraction of sp³-hybridized carbons (Fsp3) is 0.515. The molecule has 0 aliphatic heterocycles. The average Bonchev–Trinajstić information content (AvgIpc) is 2.71. The number of benzene rings is 2. The van der Waals surface area contributed by atoms with Gasteiger partial charge in [-0.05, 0) is 128 Å². The van der Waals surface area contributed by atoms with Gasteiger partial charge in [0.1, 0.15) is 0 Å². The molecule has 0 unspecified atom stereocenters. The Morgan fingerprint density at radius 1 is 0.879 bits per heavy atom. The van der Waals surface area contributed by atoms with Crippen molar-refractivity contribution in [3.8, 4) is 0 Å². The molecule has 2 aromatic carbocycles. The normalized spacial score (nSPS) is 16.3. The van der Waals surface area contributed by atoms with Crippen LogP contribution in [0.5, 0.6) is 0 Å². The van der Waals surface area contributed by atoms with Gasteiger partial charge in [0.2, 0.25) is 0 Å². The van der Waals surface area contributed by atoms with Crippen LogP contribution in [0.2, 0.25) is 0 Å². The second-order valence-corrected chi connectivity index (χ2v) is 11.7. The van der Waals surface area contributed by atoms with Crippen LogP contribution < -0.4 is 0 Å². The lowest BCUT2D eigenvalue weighted by atomic mass is 9.61. The van der Waals surface area contributed by atoms with Gasteiger partial charge in [-0.3, -0.25) is 0 Å². The highest BCUT2D eigenvalue weighted by Crippen LogP contribution is 2.51. The molecule has 0 spiro atoms. The van der Waals surface area contributed by atoms with E-state index in [2.05, 4.69) is 92.6 Å². The van der Waals surface area contributed by atoms with Crippen LogP contribution in [0.4, 0.5) is 0 Å². The quantitative estimate of drug-likeness (QED) is 0.374.